The van der Waals surface area contributed by atoms with Gasteiger partial charge in [-0.25, -0.2) is 0 Å². The number of benzene rings is 1. The molecule has 0 radical (unpaired) electrons. The Morgan fingerprint density at radius 2 is 2.04 bits per heavy atom. The second-order valence-corrected chi connectivity index (χ2v) is 6.24. The molecule has 0 saturated carbocycles. The Bertz CT molecular complexity index is 558. The van der Waals surface area contributed by atoms with Gasteiger partial charge in [0, 0.05) is 38.9 Å². The monoisotopic (exact) mass is 334 g/mol. The lowest BCUT2D eigenvalue weighted by atomic mass is 10.1. The van der Waals surface area contributed by atoms with E-state index in [2.05, 4.69) is 17.0 Å². The van der Waals surface area contributed by atoms with Gasteiger partial charge in [0.05, 0.1) is 32.8 Å². The first-order valence-corrected chi connectivity index (χ1v) is 8.57. The summed E-state index contributed by atoms with van der Waals surface area (Å²) in [7, 11) is 1.62. The molecule has 24 heavy (non-hydrogen) atoms. The third-order valence-corrected chi connectivity index (χ3v) is 4.49. The molecule has 0 aromatic heterocycles. The maximum absolute atomic E-state index is 12.3. The van der Waals surface area contributed by atoms with E-state index in [4.69, 9.17) is 14.2 Å². The van der Waals surface area contributed by atoms with Crippen molar-refractivity contribution in [2.24, 2.45) is 0 Å². The minimum absolute atomic E-state index is 0.117. The maximum Gasteiger partial charge on any atom is 0.225 e. The standard InChI is InChI=1S/C18H26N2O4/c1-22-8-4-18(21)20-7-11-24-17-3-2-15(12-16(17)14-20)13-19-5-9-23-10-6-19/h2-3,12H,4-11,13-14H2,1H3. The van der Waals surface area contributed by atoms with Gasteiger partial charge in [-0.15, -0.1) is 0 Å². The molecule has 2 aliphatic heterocycles. The van der Waals surface area contributed by atoms with Crippen molar-refractivity contribution in [3.63, 3.8) is 0 Å². The third kappa shape index (κ3) is 4.47. The van der Waals surface area contributed by atoms with E-state index in [1.807, 2.05) is 11.0 Å². The van der Waals surface area contributed by atoms with E-state index < -0.39 is 0 Å². The Morgan fingerprint density at radius 1 is 1.21 bits per heavy atom. The molecule has 1 saturated heterocycles. The molecular weight excluding hydrogens is 308 g/mol. The van der Waals surface area contributed by atoms with Crippen LogP contribution in [0.4, 0.5) is 0 Å². The number of carbonyl (C=O) groups is 1. The van der Waals surface area contributed by atoms with Crippen molar-refractivity contribution < 1.29 is 19.0 Å². The Morgan fingerprint density at radius 3 is 2.83 bits per heavy atom. The quantitative estimate of drug-likeness (QED) is 0.812. The van der Waals surface area contributed by atoms with Crippen LogP contribution in [0, 0.1) is 0 Å². The zero-order valence-corrected chi connectivity index (χ0v) is 14.3. The number of morpholine rings is 1. The van der Waals surface area contributed by atoms with Crippen LogP contribution in [-0.2, 0) is 27.4 Å². The first-order chi connectivity index (χ1) is 11.8. The zero-order valence-electron chi connectivity index (χ0n) is 14.3. The number of hydrogen-bond acceptors (Lipinski definition) is 5. The Hall–Kier alpha value is -1.63. The molecule has 132 valence electrons. The van der Waals surface area contributed by atoms with Crippen molar-refractivity contribution in [1.82, 2.24) is 9.80 Å². The number of methoxy groups -OCH3 is 1. The normalized spacial score (nSPS) is 18.6. The summed E-state index contributed by atoms with van der Waals surface area (Å²) in [6, 6.07) is 6.33. The van der Waals surface area contributed by atoms with Gasteiger partial charge in [0.1, 0.15) is 12.4 Å². The largest absolute Gasteiger partial charge is 0.491 e. The summed E-state index contributed by atoms with van der Waals surface area (Å²) >= 11 is 0. The molecule has 1 aromatic carbocycles. The number of hydrogen-bond donors (Lipinski definition) is 0. The van der Waals surface area contributed by atoms with E-state index in [1.54, 1.807) is 7.11 Å². The fourth-order valence-electron chi connectivity index (χ4n) is 3.12. The van der Waals surface area contributed by atoms with Crippen LogP contribution in [0.5, 0.6) is 5.75 Å². The first-order valence-electron chi connectivity index (χ1n) is 8.57. The van der Waals surface area contributed by atoms with Crippen molar-refractivity contribution in [3.8, 4) is 5.75 Å². The SMILES string of the molecule is COCCC(=O)N1CCOc2ccc(CN3CCOCC3)cc2C1. The van der Waals surface area contributed by atoms with Crippen molar-refractivity contribution in [3.05, 3.63) is 29.3 Å². The van der Waals surface area contributed by atoms with E-state index in [9.17, 15) is 4.79 Å². The Labute approximate surface area is 143 Å². The fourth-order valence-corrected chi connectivity index (χ4v) is 3.12. The van der Waals surface area contributed by atoms with Crippen LogP contribution in [-0.4, -0.2) is 68.9 Å². The highest BCUT2D eigenvalue weighted by Gasteiger charge is 2.20. The molecule has 0 aliphatic carbocycles. The molecule has 2 heterocycles. The predicted molar refractivity (Wildman–Crippen MR) is 89.9 cm³/mol. The first kappa shape index (κ1) is 17.2. The molecule has 0 unspecified atom stereocenters. The molecule has 0 N–H and O–H groups in total. The summed E-state index contributed by atoms with van der Waals surface area (Å²) in [6.45, 7) is 6.67. The van der Waals surface area contributed by atoms with Gasteiger partial charge in [-0.2, -0.15) is 0 Å². The minimum atomic E-state index is 0.117. The van der Waals surface area contributed by atoms with Crippen LogP contribution in [0.2, 0.25) is 0 Å². The van der Waals surface area contributed by atoms with Crippen LogP contribution in [0.25, 0.3) is 0 Å². The van der Waals surface area contributed by atoms with E-state index in [1.165, 1.54) is 5.56 Å². The van der Waals surface area contributed by atoms with Gasteiger partial charge in [-0.3, -0.25) is 9.69 Å². The lowest BCUT2D eigenvalue weighted by Crippen LogP contribution is -2.35. The summed E-state index contributed by atoms with van der Waals surface area (Å²) in [4.78, 5) is 16.5. The van der Waals surface area contributed by atoms with Gasteiger partial charge in [-0.05, 0) is 17.7 Å². The van der Waals surface area contributed by atoms with E-state index in [0.29, 0.717) is 32.7 Å². The molecule has 1 aromatic rings. The Balaban J connectivity index is 1.67. The molecule has 1 fully saturated rings. The average Bonchev–Trinajstić information content (AvgIpc) is 2.82. The van der Waals surface area contributed by atoms with Crippen LogP contribution in [0.15, 0.2) is 18.2 Å². The predicted octanol–water partition coefficient (Wildman–Crippen LogP) is 1.28. The van der Waals surface area contributed by atoms with Gasteiger partial charge in [0.2, 0.25) is 5.91 Å². The average molecular weight is 334 g/mol. The number of nitrogens with zero attached hydrogens (tertiary/aromatic N) is 2. The summed E-state index contributed by atoms with van der Waals surface area (Å²) < 4.78 is 16.2. The topological polar surface area (TPSA) is 51.2 Å². The van der Waals surface area contributed by atoms with Gasteiger partial charge < -0.3 is 19.1 Å². The molecule has 2 aliphatic rings. The molecular formula is C18H26N2O4. The van der Waals surface area contributed by atoms with Gasteiger partial charge in [0.25, 0.3) is 0 Å². The molecule has 0 bridgehead atoms. The van der Waals surface area contributed by atoms with E-state index in [-0.39, 0.29) is 5.91 Å². The van der Waals surface area contributed by atoms with Crippen LogP contribution < -0.4 is 4.74 Å². The number of ether oxygens (including phenoxy) is 3. The zero-order chi connectivity index (χ0) is 16.8. The molecule has 6 nitrogen and oxygen atoms in total. The van der Waals surface area contributed by atoms with Crippen molar-refractivity contribution in [2.75, 3.05) is 53.2 Å². The number of rotatable bonds is 5. The fraction of sp³-hybridized carbons (Fsp3) is 0.611. The third-order valence-electron chi connectivity index (χ3n) is 4.49. The highest BCUT2D eigenvalue weighted by Crippen LogP contribution is 2.25. The molecule has 0 spiro atoms. The van der Waals surface area contributed by atoms with Crippen LogP contribution in [0.1, 0.15) is 17.5 Å². The Kier molecular flexibility index (Phi) is 6.07. The maximum atomic E-state index is 12.3. The lowest BCUT2D eigenvalue weighted by Gasteiger charge is -2.27. The van der Waals surface area contributed by atoms with Gasteiger partial charge in [0.15, 0.2) is 0 Å². The highest BCUT2D eigenvalue weighted by molar-refractivity contribution is 5.76. The number of amides is 1. The van der Waals surface area contributed by atoms with Crippen LogP contribution >= 0.6 is 0 Å². The number of fused-ring (bicyclic) bond motifs is 1. The van der Waals surface area contributed by atoms with Gasteiger partial charge in [-0.1, -0.05) is 6.07 Å². The summed E-state index contributed by atoms with van der Waals surface area (Å²) in [6.07, 6.45) is 0.416. The lowest BCUT2D eigenvalue weighted by molar-refractivity contribution is -0.132. The van der Waals surface area contributed by atoms with Crippen molar-refractivity contribution in [2.45, 2.75) is 19.5 Å². The smallest absolute Gasteiger partial charge is 0.225 e. The summed E-state index contributed by atoms with van der Waals surface area (Å²) in [5.41, 5.74) is 2.34. The number of carbonyl (C=O) groups excluding carboxylic acids is 1. The molecule has 6 heteroatoms. The molecule has 1 amide bonds. The molecule has 3 rings (SSSR count). The van der Waals surface area contributed by atoms with Crippen LogP contribution in [0.3, 0.4) is 0 Å². The van der Waals surface area contributed by atoms with E-state index >= 15 is 0 Å². The second kappa shape index (κ2) is 8.46. The molecule has 0 atom stereocenters. The summed E-state index contributed by atoms with van der Waals surface area (Å²) in [5, 5.41) is 0. The van der Waals surface area contributed by atoms with E-state index in [0.717, 1.165) is 44.2 Å². The summed E-state index contributed by atoms with van der Waals surface area (Å²) in [5.74, 6) is 1.01. The highest BCUT2D eigenvalue weighted by atomic mass is 16.5. The second-order valence-electron chi connectivity index (χ2n) is 6.24. The van der Waals surface area contributed by atoms with Crippen molar-refractivity contribution >= 4 is 5.91 Å². The van der Waals surface area contributed by atoms with Crippen molar-refractivity contribution in [1.29, 1.82) is 0 Å². The van der Waals surface area contributed by atoms with Gasteiger partial charge >= 0.3 is 0 Å². The minimum Gasteiger partial charge on any atom is -0.491 e.